The predicted molar refractivity (Wildman–Crippen MR) is 70.4 cm³/mol. The van der Waals surface area contributed by atoms with Crippen LogP contribution in [0.3, 0.4) is 0 Å². The summed E-state index contributed by atoms with van der Waals surface area (Å²) < 4.78 is 0. The van der Waals surface area contributed by atoms with E-state index in [-0.39, 0.29) is 11.7 Å². The first-order valence-corrected chi connectivity index (χ1v) is 6.53. The van der Waals surface area contributed by atoms with Gasteiger partial charge in [0.1, 0.15) is 5.54 Å². The zero-order valence-electron chi connectivity index (χ0n) is 10.7. The summed E-state index contributed by atoms with van der Waals surface area (Å²) in [6.07, 6.45) is 4.64. The van der Waals surface area contributed by atoms with Crippen LogP contribution in [0.1, 0.15) is 49.4 Å². The lowest BCUT2D eigenvalue weighted by Crippen LogP contribution is -2.55. The van der Waals surface area contributed by atoms with E-state index in [2.05, 4.69) is 5.32 Å². The molecule has 1 aromatic carbocycles. The third kappa shape index (κ3) is 2.61. The molecule has 1 aromatic rings. The van der Waals surface area contributed by atoms with E-state index in [1.807, 2.05) is 30.3 Å². The molecule has 2 rings (SSSR count). The molecule has 0 aliphatic heterocycles. The van der Waals surface area contributed by atoms with Gasteiger partial charge in [-0.3, -0.25) is 9.59 Å². The van der Waals surface area contributed by atoms with Crippen LogP contribution in [0, 0.1) is 0 Å². The number of hydrogen-bond acceptors (Lipinski definition) is 2. The van der Waals surface area contributed by atoms with Crippen molar-refractivity contribution in [2.45, 2.75) is 44.6 Å². The molecule has 0 atom stereocenters. The molecule has 0 aromatic heterocycles. The second-order valence-corrected chi connectivity index (χ2v) is 5.02. The van der Waals surface area contributed by atoms with Crippen LogP contribution in [0.2, 0.25) is 0 Å². The van der Waals surface area contributed by atoms with Gasteiger partial charge in [-0.05, 0) is 12.8 Å². The smallest absolute Gasteiger partial charge is 0.217 e. The normalized spacial score (nSPS) is 18.1. The average molecular weight is 245 g/mol. The highest BCUT2D eigenvalue weighted by molar-refractivity contribution is 6.05. The van der Waals surface area contributed by atoms with Crippen LogP contribution < -0.4 is 5.32 Å². The number of benzene rings is 1. The highest BCUT2D eigenvalue weighted by atomic mass is 16.2. The minimum absolute atomic E-state index is 0.0537. The van der Waals surface area contributed by atoms with Gasteiger partial charge in [-0.15, -0.1) is 0 Å². The van der Waals surface area contributed by atoms with Gasteiger partial charge in [0.05, 0.1) is 0 Å². The van der Waals surface area contributed by atoms with Crippen molar-refractivity contribution in [2.24, 2.45) is 0 Å². The van der Waals surface area contributed by atoms with Crippen molar-refractivity contribution in [2.75, 3.05) is 0 Å². The molecule has 1 N–H and O–H groups in total. The maximum atomic E-state index is 12.6. The lowest BCUT2D eigenvalue weighted by molar-refractivity contribution is -0.120. The summed E-state index contributed by atoms with van der Waals surface area (Å²) in [7, 11) is 0. The molecule has 0 heterocycles. The third-order valence-electron chi connectivity index (χ3n) is 3.59. The van der Waals surface area contributed by atoms with Crippen molar-refractivity contribution in [1.29, 1.82) is 0 Å². The average Bonchev–Trinajstić information content (AvgIpc) is 2.39. The summed E-state index contributed by atoms with van der Waals surface area (Å²) >= 11 is 0. The largest absolute Gasteiger partial charge is 0.343 e. The summed E-state index contributed by atoms with van der Waals surface area (Å²) in [5, 5.41) is 2.91. The SMILES string of the molecule is CC(=O)NC1(C(=O)c2ccccc2)CCCCC1. The van der Waals surface area contributed by atoms with Crippen molar-refractivity contribution in [3.05, 3.63) is 35.9 Å². The number of nitrogens with one attached hydrogen (secondary N) is 1. The third-order valence-corrected chi connectivity index (χ3v) is 3.59. The number of rotatable bonds is 3. The lowest BCUT2D eigenvalue weighted by Gasteiger charge is -2.36. The van der Waals surface area contributed by atoms with Gasteiger partial charge in [-0.1, -0.05) is 49.6 Å². The molecule has 0 unspecified atom stereocenters. The van der Waals surface area contributed by atoms with Crippen LogP contribution in [0.4, 0.5) is 0 Å². The first-order chi connectivity index (χ1) is 8.64. The van der Waals surface area contributed by atoms with E-state index >= 15 is 0 Å². The summed E-state index contributed by atoms with van der Waals surface area (Å²) in [6.45, 7) is 1.48. The van der Waals surface area contributed by atoms with Crippen LogP contribution in [-0.2, 0) is 4.79 Å². The quantitative estimate of drug-likeness (QED) is 0.832. The summed E-state index contributed by atoms with van der Waals surface area (Å²) in [4.78, 5) is 24.0. The maximum absolute atomic E-state index is 12.6. The molecule has 3 nitrogen and oxygen atoms in total. The van der Waals surface area contributed by atoms with Gasteiger partial charge >= 0.3 is 0 Å². The fourth-order valence-corrected chi connectivity index (χ4v) is 2.77. The van der Waals surface area contributed by atoms with Crippen molar-refractivity contribution in [3.8, 4) is 0 Å². The Balaban J connectivity index is 2.28. The zero-order chi connectivity index (χ0) is 13.0. The second kappa shape index (κ2) is 5.34. The highest BCUT2D eigenvalue weighted by Crippen LogP contribution is 2.31. The van der Waals surface area contributed by atoms with Crippen molar-refractivity contribution >= 4 is 11.7 Å². The molecule has 0 bridgehead atoms. The molecular formula is C15H19NO2. The Morgan fingerprint density at radius 1 is 1.06 bits per heavy atom. The molecule has 0 spiro atoms. The number of ketones is 1. The molecule has 1 aliphatic carbocycles. The van der Waals surface area contributed by atoms with E-state index < -0.39 is 5.54 Å². The molecule has 1 fully saturated rings. The standard InChI is InChI=1S/C15H19NO2/c1-12(17)16-15(10-6-3-7-11-15)14(18)13-8-4-2-5-9-13/h2,4-5,8-9H,3,6-7,10-11H2,1H3,(H,16,17). The lowest BCUT2D eigenvalue weighted by atomic mass is 9.76. The number of carbonyl (C=O) groups is 2. The van der Waals surface area contributed by atoms with Crippen LogP contribution in [0.25, 0.3) is 0 Å². The van der Waals surface area contributed by atoms with Gasteiger partial charge in [0.2, 0.25) is 5.91 Å². The molecule has 0 saturated heterocycles. The molecule has 18 heavy (non-hydrogen) atoms. The number of carbonyl (C=O) groups excluding carboxylic acids is 2. The Hall–Kier alpha value is -1.64. The van der Waals surface area contributed by atoms with E-state index in [1.165, 1.54) is 6.92 Å². The fraction of sp³-hybridized carbons (Fsp3) is 0.467. The summed E-state index contributed by atoms with van der Waals surface area (Å²) in [6, 6.07) is 9.25. The minimum Gasteiger partial charge on any atom is -0.343 e. The van der Waals surface area contributed by atoms with Crippen LogP contribution in [-0.4, -0.2) is 17.2 Å². The van der Waals surface area contributed by atoms with Crippen LogP contribution >= 0.6 is 0 Å². The molecular weight excluding hydrogens is 226 g/mol. The van der Waals surface area contributed by atoms with Gasteiger partial charge in [0.25, 0.3) is 0 Å². The summed E-state index contributed by atoms with van der Waals surface area (Å²) in [5.41, 5.74) is 0.0129. The molecule has 0 radical (unpaired) electrons. The Morgan fingerprint density at radius 2 is 1.67 bits per heavy atom. The Morgan fingerprint density at radius 3 is 2.22 bits per heavy atom. The monoisotopic (exact) mass is 245 g/mol. The maximum Gasteiger partial charge on any atom is 0.217 e. The van der Waals surface area contributed by atoms with Crippen LogP contribution in [0.5, 0.6) is 0 Å². The van der Waals surface area contributed by atoms with Crippen molar-refractivity contribution in [3.63, 3.8) is 0 Å². The molecule has 1 saturated carbocycles. The van der Waals surface area contributed by atoms with Gasteiger partial charge in [-0.2, -0.15) is 0 Å². The van der Waals surface area contributed by atoms with E-state index in [1.54, 1.807) is 0 Å². The van der Waals surface area contributed by atoms with E-state index in [9.17, 15) is 9.59 Å². The number of Topliss-reactive ketones (excluding diaryl/α,β-unsaturated/α-hetero) is 1. The minimum atomic E-state index is -0.675. The number of hydrogen-bond donors (Lipinski definition) is 1. The molecule has 1 amide bonds. The Kier molecular flexibility index (Phi) is 3.80. The zero-order valence-corrected chi connectivity index (χ0v) is 10.7. The van der Waals surface area contributed by atoms with E-state index in [0.29, 0.717) is 5.56 Å². The first-order valence-electron chi connectivity index (χ1n) is 6.53. The van der Waals surface area contributed by atoms with Gasteiger partial charge in [0, 0.05) is 12.5 Å². The van der Waals surface area contributed by atoms with E-state index in [0.717, 1.165) is 32.1 Å². The van der Waals surface area contributed by atoms with E-state index in [4.69, 9.17) is 0 Å². The predicted octanol–water partition coefficient (Wildman–Crippen LogP) is 2.71. The molecule has 3 heteroatoms. The van der Waals surface area contributed by atoms with Gasteiger partial charge < -0.3 is 5.32 Å². The van der Waals surface area contributed by atoms with Gasteiger partial charge in [-0.25, -0.2) is 0 Å². The number of amides is 1. The van der Waals surface area contributed by atoms with Crippen LogP contribution in [0.15, 0.2) is 30.3 Å². The second-order valence-electron chi connectivity index (χ2n) is 5.02. The van der Waals surface area contributed by atoms with Crippen molar-refractivity contribution < 1.29 is 9.59 Å². The molecule has 1 aliphatic rings. The Labute approximate surface area is 108 Å². The Bertz CT molecular complexity index is 433. The summed E-state index contributed by atoms with van der Waals surface area (Å²) in [5.74, 6) is -0.0702. The van der Waals surface area contributed by atoms with Crippen molar-refractivity contribution in [1.82, 2.24) is 5.32 Å². The highest BCUT2D eigenvalue weighted by Gasteiger charge is 2.40. The molecule has 96 valence electrons. The topological polar surface area (TPSA) is 46.2 Å². The first kappa shape index (κ1) is 12.8. The van der Waals surface area contributed by atoms with Gasteiger partial charge in [0.15, 0.2) is 5.78 Å². The fourth-order valence-electron chi connectivity index (χ4n) is 2.77.